The molecule has 0 saturated heterocycles. The van der Waals surface area contributed by atoms with Crippen molar-refractivity contribution in [3.8, 4) is 5.75 Å². The topological polar surface area (TPSA) is 47.9 Å². The highest BCUT2D eigenvalue weighted by molar-refractivity contribution is 14.1. The Morgan fingerprint density at radius 3 is 2.35 bits per heavy atom. The molecule has 0 fully saturated rings. The SMILES string of the molecule is O=C1OC(c2ccc(Br)cc2)=N/C1=C\c1cc(I)c(OCc2ccccc2Br)c(I)c1. The lowest BCUT2D eigenvalue weighted by atomic mass is 10.2. The molecule has 0 aliphatic carbocycles. The molecule has 4 nitrogen and oxygen atoms in total. The Bertz CT molecular complexity index is 1200. The second-order valence-corrected chi connectivity index (χ2v) is 10.6. The third-order valence-electron chi connectivity index (χ3n) is 4.37. The van der Waals surface area contributed by atoms with Gasteiger partial charge in [-0.05, 0) is 99.3 Å². The molecule has 1 aliphatic heterocycles. The number of carbonyl (C=O) groups is 1. The van der Waals surface area contributed by atoms with Crippen molar-refractivity contribution in [1.82, 2.24) is 0 Å². The van der Waals surface area contributed by atoms with E-state index >= 15 is 0 Å². The minimum absolute atomic E-state index is 0.270. The highest BCUT2D eigenvalue weighted by Crippen LogP contribution is 2.32. The maximum Gasteiger partial charge on any atom is 0.363 e. The Morgan fingerprint density at radius 1 is 1.00 bits per heavy atom. The number of benzene rings is 3. The van der Waals surface area contributed by atoms with Crippen molar-refractivity contribution in [3.05, 3.63) is 99.1 Å². The van der Waals surface area contributed by atoms with Crippen LogP contribution in [-0.4, -0.2) is 11.9 Å². The summed E-state index contributed by atoms with van der Waals surface area (Å²) in [6.07, 6.45) is 1.73. The lowest BCUT2D eigenvalue weighted by Crippen LogP contribution is -2.05. The van der Waals surface area contributed by atoms with Crippen molar-refractivity contribution in [3.63, 3.8) is 0 Å². The van der Waals surface area contributed by atoms with Gasteiger partial charge in [0.25, 0.3) is 0 Å². The minimum Gasteiger partial charge on any atom is -0.487 e. The van der Waals surface area contributed by atoms with Gasteiger partial charge in [-0.1, -0.05) is 50.1 Å². The van der Waals surface area contributed by atoms with Crippen LogP contribution in [0.5, 0.6) is 5.75 Å². The third-order valence-corrected chi connectivity index (χ3v) is 7.27. The highest BCUT2D eigenvalue weighted by atomic mass is 127. The van der Waals surface area contributed by atoms with E-state index in [1.165, 1.54) is 0 Å². The molecule has 0 atom stereocenters. The third kappa shape index (κ3) is 5.58. The second-order valence-electron chi connectivity index (χ2n) is 6.54. The fraction of sp³-hybridized carbons (Fsp3) is 0.0435. The van der Waals surface area contributed by atoms with E-state index in [1.54, 1.807) is 6.08 Å². The van der Waals surface area contributed by atoms with Gasteiger partial charge in [0.1, 0.15) is 12.4 Å². The summed E-state index contributed by atoms with van der Waals surface area (Å²) < 4.78 is 15.3. The Kier molecular flexibility index (Phi) is 7.50. The van der Waals surface area contributed by atoms with Crippen molar-refractivity contribution in [1.29, 1.82) is 0 Å². The van der Waals surface area contributed by atoms with E-state index in [-0.39, 0.29) is 5.70 Å². The van der Waals surface area contributed by atoms with Crippen LogP contribution in [0.3, 0.4) is 0 Å². The van der Waals surface area contributed by atoms with Gasteiger partial charge >= 0.3 is 5.97 Å². The summed E-state index contributed by atoms with van der Waals surface area (Å²) in [5, 5.41) is 0. The number of nitrogens with zero attached hydrogens (tertiary/aromatic N) is 1. The molecule has 0 bridgehead atoms. The maximum absolute atomic E-state index is 12.3. The van der Waals surface area contributed by atoms with Crippen molar-refractivity contribution >= 4 is 95.0 Å². The van der Waals surface area contributed by atoms with Crippen LogP contribution in [0.4, 0.5) is 0 Å². The maximum atomic E-state index is 12.3. The number of esters is 1. The van der Waals surface area contributed by atoms with Crippen LogP contribution in [0, 0.1) is 7.14 Å². The average Bonchev–Trinajstić information content (AvgIpc) is 3.09. The summed E-state index contributed by atoms with van der Waals surface area (Å²) >= 11 is 11.4. The number of aliphatic imine (C=N–C) groups is 1. The molecule has 8 heteroatoms. The summed E-state index contributed by atoms with van der Waals surface area (Å²) in [6, 6.07) is 19.4. The van der Waals surface area contributed by atoms with E-state index in [0.29, 0.717) is 12.5 Å². The Hall–Kier alpha value is -1.24. The molecule has 31 heavy (non-hydrogen) atoms. The van der Waals surface area contributed by atoms with Gasteiger partial charge in [-0.2, -0.15) is 0 Å². The first-order valence-electron chi connectivity index (χ1n) is 9.04. The molecule has 1 aliphatic rings. The summed E-state index contributed by atoms with van der Waals surface area (Å²) in [6.45, 7) is 0.459. The first kappa shape index (κ1) is 22.9. The van der Waals surface area contributed by atoms with Gasteiger partial charge in [-0.25, -0.2) is 9.79 Å². The highest BCUT2D eigenvalue weighted by Gasteiger charge is 2.24. The molecule has 0 aromatic heterocycles. The molecule has 0 spiro atoms. The standard InChI is InChI=1S/C23H13Br2I2NO3/c24-16-7-5-14(6-8-16)22-28-20(23(29)31-22)11-13-9-18(26)21(19(27)10-13)30-12-15-3-1-2-4-17(15)25/h1-11H,12H2/b20-11-. The van der Waals surface area contributed by atoms with E-state index < -0.39 is 5.97 Å². The van der Waals surface area contributed by atoms with Gasteiger partial charge < -0.3 is 9.47 Å². The average molecular weight is 765 g/mol. The molecule has 156 valence electrons. The Labute approximate surface area is 223 Å². The molecular weight excluding hydrogens is 752 g/mol. The van der Waals surface area contributed by atoms with Gasteiger partial charge in [0.15, 0.2) is 5.70 Å². The van der Waals surface area contributed by atoms with Gasteiger partial charge in [-0.3, -0.25) is 0 Å². The van der Waals surface area contributed by atoms with Crippen LogP contribution in [0.15, 0.2) is 80.3 Å². The molecular formula is C23H13Br2I2NO3. The molecule has 0 saturated carbocycles. The van der Waals surface area contributed by atoms with Crippen molar-refractivity contribution in [2.75, 3.05) is 0 Å². The lowest BCUT2D eigenvalue weighted by molar-refractivity contribution is -0.129. The van der Waals surface area contributed by atoms with Gasteiger partial charge in [0, 0.05) is 20.1 Å². The number of hydrogen-bond donors (Lipinski definition) is 0. The molecule has 4 rings (SSSR count). The molecule has 0 N–H and O–H groups in total. The Balaban J connectivity index is 1.56. The zero-order valence-electron chi connectivity index (χ0n) is 15.7. The predicted octanol–water partition coefficient (Wildman–Crippen LogP) is 7.34. The fourth-order valence-corrected chi connectivity index (χ4v) is 5.64. The van der Waals surface area contributed by atoms with E-state index in [2.05, 4.69) is 82.0 Å². The number of cyclic esters (lactones) is 1. The van der Waals surface area contributed by atoms with Gasteiger partial charge in [-0.15, -0.1) is 0 Å². The van der Waals surface area contributed by atoms with E-state index in [0.717, 1.165) is 38.5 Å². The molecule has 0 amide bonds. The number of hydrogen-bond acceptors (Lipinski definition) is 4. The normalized spacial score (nSPS) is 14.5. The van der Waals surface area contributed by atoms with Crippen LogP contribution in [0.25, 0.3) is 6.08 Å². The first-order valence-corrected chi connectivity index (χ1v) is 12.8. The quantitative estimate of drug-likeness (QED) is 0.155. The summed E-state index contributed by atoms with van der Waals surface area (Å²) in [5.74, 6) is 0.658. The summed E-state index contributed by atoms with van der Waals surface area (Å²) in [7, 11) is 0. The minimum atomic E-state index is -0.461. The van der Waals surface area contributed by atoms with Crippen LogP contribution >= 0.6 is 77.0 Å². The smallest absolute Gasteiger partial charge is 0.363 e. The van der Waals surface area contributed by atoms with Gasteiger partial charge in [0.05, 0.1) is 7.14 Å². The van der Waals surface area contributed by atoms with Gasteiger partial charge in [0.2, 0.25) is 5.90 Å². The molecule has 3 aromatic carbocycles. The zero-order chi connectivity index (χ0) is 22.0. The molecule has 3 aromatic rings. The fourth-order valence-electron chi connectivity index (χ4n) is 2.85. The van der Waals surface area contributed by atoms with Crippen molar-refractivity contribution < 1.29 is 14.3 Å². The monoisotopic (exact) mass is 763 g/mol. The Morgan fingerprint density at radius 2 is 1.68 bits per heavy atom. The number of carbonyl (C=O) groups excluding carboxylic acids is 1. The zero-order valence-corrected chi connectivity index (χ0v) is 23.2. The van der Waals surface area contributed by atoms with Crippen LogP contribution < -0.4 is 4.74 Å². The lowest BCUT2D eigenvalue weighted by Gasteiger charge is -2.12. The van der Waals surface area contributed by atoms with Crippen LogP contribution in [0.1, 0.15) is 16.7 Å². The molecule has 1 heterocycles. The van der Waals surface area contributed by atoms with Crippen LogP contribution in [0.2, 0.25) is 0 Å². The number of halogens is 4. The number of rotatable bonds is 5. The largest absolute Gasteiger partial charge is 0.487 e. The summed E-state index contributed by atoms with van der Waals surface area (Å²) in [5.41, 5.74) is 2.95. The summed E-state index contributed by atoms with van der Waals surface area (Å²) in [4.78, 5) is 16.7. The van der Waals surface area contributed by atoms with E-state index in [4.69, 9.17) is 9.47 Å². The first-order chi connectivity index (χ1) is 14.9. The van der Waals surface area contributed by atoms with E-state index in [1.807, 2.05) is 60.7 Å². The van der Waals surface area contributed by atoms with E-state index in [9.17, 15) is 4.79 Å². The van der Waals surface area contributed by atoms with Crippen molar-refractivity contribution in [2.45, 2.75) is 6.61 Å². The predicted molar refractivity (Wildman–Crippen MR) is 145 cm³/mol. The molecule has 0 radical (unpaired) electrons. The van der Waals surface area contributed by atoms with Crippen molar-refractivity contribution in [2.24, 2.45) is 4.99 Å². The number of ether oxygens (including phenoxy) is 2. The molecule has 0 unspecified atom stereocenters. The van der Waals surface area contributed by atoms with Crippen LogP contribution in [-0.2, 0) is 16.1 Å². The second kappa shape index (κ2) is 10.1.